The largest absolute Gasteiger partial charge is 0.497 e. The van der Waals surface area contributed by atoms with Crippen molar-refractivity contribution in [3.8, 4) is 11.5 Å². The SMILES string of the molecule is COc1cc(NC2CCN(C(=O)CC3CCCN3)CC2)cc(OC)c1. The molecule has 6 heteroatoms. The Morgan fingerprint density at radius 3 is 2.40 bits per heavy atom. The summed E-state index contributed by atoms with van der Waals surface area (Å²) in [7, 11) is 3.31. The Kier molecular flexibility index (Phi) is 6.02. The number of amides is 1. The molecule has 0 bridgehead atoms. The second kappa shape index (κ2) is 8.43. The smallest absolute Gasteiger partial charge is 0.224 e. The van der Waals surface area contributed by atoms with Crippen molar-refractivity contribution in [3.63, 3.8) is 0 Å². The highest BCUT2D eigenvalue weighted by atomic mass is 16.5. The van der Waals surface area contributed by atoms with E-state index in [0.717, 1.165) is 56.1 Å². The van der Waals surface area contributed by atoms with E-state index in [1.165, 1.54) is 6.42 Å². The van der Waals surface area contributed by atoms with Crippen molar-refractivity contribution in [2.75, 3.05) is 39.2 Å². The molecule has 0 aliphatic carbocycles. The summed E-state index contributed by atoms with van der Waals surface area (Å²) in [5.74, 6) is 1.85. The van der Waals surface area contributed by atoms with Crippen LogP contribution in [0, 0.1) is 0 Å². The van der Waals surface area contributed by atoms with Crippen LogP contribution in [0.2, 0.25) is 0 Å². The first-order valence-electron chi connectivity index (χ1n) is 9.18. The Morgan fingerprint density at radius 2 is 1.84 bits per heavy atom. The van der Waals surface area contributed by atoms with E-state index in [1.807, 2.05) is 23.1 Å². The third kappa shape index (κ3) is 4.78. The van der Waals surface area contributed by atoms with Crippen LogP contribution in [-0.4, -0.2) is 56.7 Å². The maximum Gasteiger partial charge on any atom is 0.224 e. The molecule has 1 amide bonds. The highest BCUT2D eigenvalue weighted by Gasteiger charge is 2.25. The number of nitrogens with one attached hydrogen (secondary N) is 2. The molecule has 138 valence electrons. The van der Waals surface area contributed by atoms with E-state index >= 15 is 0 Å². The molecule has 0 saturated carbocycles. The highest BCUT2D eigenvalue weighted by Crippen LogP contribution is 2.27. The van der Waals surface area contributed by atoms with Crippen molar-refractivity contribution in [1.82, 2.24) is 10.2 Å². The van der Waals surface area contributed by atoms with Crippen LogP contribution in [0.15, 0.2) is 18.2 Å². The fourth-order valence-corrected chi connectivity index (χ4v) is 3.67. The minimum Gasteiger partial charge on any atom is -0.497 e. The minimum atomic E-state index is 0.292. The second-order valence-electron chi connectivity index (χ2n) is 6.90. The van der Waals surface area contributed by atoms with Gasteiger partial charge in [-0.15, -0.1) is 0 Å². The molecule has 1 atom stereocenters. The van der Waals surface area contributed by atoms with Crippen molar-refractivity contribution >= 4 is 11.6 Å². The molecular weight excluding hydrogens is 318 g/mol. The first-order chi connectivity index (χ1) is 12.2. The number of benzene rings is 1. The van der Waals surface area contributed by atoms with Crippen molar-refractivity contribution in [1.29, 1.82) is 0 Å². The number of carbonyl (C=O) groups is 1. The lowest BCUT2D eigenvalue weighted by Crippen LogP contribution is -2.44. The summed E-state index contributed by atoms with van der Waals surface area (Å²) < 4.78 is 10.6. The number of piperidine rings is 1. The van der Waals surface area contributed by atoms with E-state index in [-0.39, 0.29) is 0 Å². The molecule has 1 aromatic rings. The fraction of sp³-hybridized carbons (Fsp3) is 0.632. The average Bonchev–Trinajstić information content (AvgIpc) is 3.15. The molecule has 0 aromatic heterocycles. The molecule has 0 radical (unpaired) electrons. The Hall–Kier alpha value is -1.95. The van der Waals surface area contributed by atoms with Crippen molar-refractivity contribution in [2.24, 2.45) is 0 Å². The predicted octanol–water partition coefficient (Wildman–Crippen LogP) is 2.25. The quantitative estimate of drug-likeness (QED) is 0.826. The van der Waals surface area contributed by atoms with Crippen LogP contribution >= 0.6 is 0 Å². The van der Waals surface area contributed by atoms with E-state index in [0.29, 0.717) is 24.4 Å². The van der Waals surface area contributed by atoms with E-state index in [9.17, 15) is 4.79 Å². The zero-order chi connectivity index (χ0) is 17.6. The normalized spacial score (nSPS) is 21.2. The van der Waals surface area contributed by atoms with Crippen molar-refractivity contribution < 1.29 is 14.3 Å². The van der Waals surface area contributed by atoms with Gasteiger partial charge < -0.3 is 25.0 Å². The minimum absolute atomic E-state index is 0.292. The first-order valence-corrected chi connectivity index (χ1v) is 9.18. The zero-order valence-electron chi connectivity index (χ0n) is 15.2. The van der Waals surface area contributed by atoms with E-state index < -0.39 is 0 Å². The number of likely N-dealkylation sites (tertiary alicyclic amines) is 1. The number of hydrogen-bond donors (Lipinski definition) is 2. The summed E-state index contributed by atoms with van der Waals surface area (Å²) in [5.41, 5.74) is 0.996. The van der Waals surface area contributed by atoms with Gasteiger partial charge in [0, 0.05) is 55.5 Å². The number of hydrogen-bond acceptors (Lipinski definition) is 5. The second-order valence-corrected chi connectivity index (χ2v) is 6.90. The van der Waals surface area contributed by atoms with Gasteiger partial charge in [-0.25, -0.2) is 0 Å². The standard InChI is InChI=1S/C19H29N3O3/c1-24-17-10-16(11-18(13-17)25-2)21-14-5-8-22(9-6-14)19(23)12-15-4-3-7-20-15/h10-11,13-15,20-21H,3-9,12H2,1-2H3. The van der Waals surface area contributed by atoms with E-state index in [2.05, 4.69) is 10.6 Å². The number of ether oxygens (including phenoxy) is 2. The van der Waals surface area contributed by atoms with Gasteiger partial charge in [0.25, 0.3) is 0 Å². The van der Waals surface area contributed by atoms with Crippen LogP contribution in [-0.2, 0) is 4.79 Å². The molecule has 0 spiro atoms. The summed E-state index contributed by atoms with van der Waals surface area (Å²) in [6, 6.07) is 6.57. The van der Waals surface area contributed by atoms with Gasteiger partial charge in [-0.3, -0.25) is 4.79 Å². The van der Waals surface area contributed by atoms with Gasteiger partial charge in [-0.2, -0.15) is 0 Å². The number of rotatable bonds is 6. The zero-order valence-corrected chi connectivity index (χ0v) is 15.2. The summed E-state index contributed by atoms with van der Waals surface area (Å²) in [6.07, 6.45) is 4.88. The highest BCUT2D eigenvalue weighted by molar-refractivity contribution is 5.77. The molecule has 2 saturated heterocycles. The summed E-state index contributed by atoms with van der Waals surface area (Å²) in [4.78, 5) is 14.4. The summed E-state index contributed by atoms with van der Waals surface area (Å²) in [6.45, 7) is 2.70. The Bertz CT molecular complexity index is 557. The van der Waals surface area contributed by atoms with Crippen LogP contribution in [0.4, 0.5) is 5.69 Å². The lowest BCUT2D eigenvalue weighted by Gasteiger charge is -2.33. The molecule has 2 aliphatic heterocycles. The third-order valence-electron chi connectivity index (χ3n) is 5.15. The summed E-state index contributed by atoms with van der Waals surface area (Å²) in [5, 5.41) is 6.96. The van der Waals surface area contributed by atoms with Gasteiger partial charge in [0.15, 0.2) is 0 Å². The van der Waals surface area contributed by atoms with Crippen LogP contribution in [0.25, 0.3) is 0 Å². The van der Waals surface area contributed by atoms with Crippen LogP contribution in [0.1, 0.15) is 32.1 Å². The molecule has 2 N–H and O–H groups in total. The van der Waals surface area contributed by atoms with Crippen LogP contribution in [0.5, 0.6) is 11.5 Å². The summed E-state index contributed by atoms with van der Waals surface area (Å²) >= 11 is 0. The van der Waals surface area contributed by atoms with E-state index in [4.69, 9.17) is 9.47 Å². The number of anilines is 1. The van der Waals surface area contributed by atoms with Gasteiger partial charge >= 0.3 is 0 Å². The predicted molar refractivity (Wildman–Crippen MR) is 98.4 cm³/mol. The van der Waals surface area contributed by atoms with Gasteiger partial charge in [-0.1, -0.05) is 0 Å². The van der Waals surface area contributed by atoms with Gasteiger partial charge in [-0.05, 0) is 32.2 Å². The number of methoxy groups -OCH3 is 2. The third-order valence-corrected chi connectivity index (χ3v) is 5.15. The molecular formula is C19H29N3O3. The molecule has 25 heavy (non-hydrogen) atoms. The average molecular weight is 347 g/mol. The van der Waals surface area contributed by atoms with Gasteiger partial charge in [0.2, 0.25) is 5.91 Å². The number of nitrogens with zero attached hydrogens (tertiary/aromatic N) is 1. The van der Waals surface area contributed by atoms with Gasteiger partial charge in [0.1, 0.15) is 11.5 Å². The lowest BCUT2D eigenvalue weighted by atomic mass is 10.0. The molecule has 2 aliphatic rings. The molecule has 1 aromatic carbocycles. The number of carbonyl (C=O) groups excluding carboxylic acids is 1. The topological polar surface area (TPSA) is 62.8 Å². The first kappa shape index (κ1) is 17.9. The van der Waals surface area contributed by atoms with Crippen molar-refractivity contribution in [2.45, 2.75) is 44.2 Å². The molecule has 2 fully saturated rings. The molecule has 3 rings (SSSR count). The maximum absolute atomic E-state index is 12.4. The van der Waals surface area contributed by atoms with E-state index in [1.54, 1.807) is 14.2 Å². The molecule has 6 nitrogen and oxygen atoms in total. The lowest BCUT2D eigenvalue weighted by molar-refractivity contribution is -0.132. The van der Waals surface area contributed by atoms with Crippen LogP contribution < -0.4 is 20.1 Å². The Labute approximate surface area is 149 Å². The van der Waals surface area contributed by atoms with Gasteiger partial charge in [0.05, 0.1) is 14.2 Å². The fourth-order valence-electron chi connectivity index (χ4n) is 3.67. The van der Waals surface area contributed by atoms with Crippen molar-refractivity contribution in [3.05, 3.63) is 18.2 Å². The maximum atomic E-state index is 12.4. The van der Waals surface area contributed by atoms with Crippen LogP contribution in [0.3, 0.4) is 0 Å². The Morgan fingerprint density at radius 1 is 1.16 bits per heavy atom. The molecule has 1 unspecified atom stereocenters. The monoisotopic (exact) mass is 347 g/mol. The molecule has 2 heterocycles. The Balaban J connectivity index is 1.49.